The van der Waals surface area contributed by atoms with Gasteiger partial charge in [0.05, 0.1) is 5.69 Å². The minimum Gasteiger partial charge on any atom is -0.339 e. The highest BCUT2D eigenvalue weighted by molar-refractivity contribution is 5.94. The molecule has 1 aliphatic heterocycles. The molecule has 3 heteroatoms. The summed E-state index contributed by atoms with van der Waals surface area (Å²) in [5, 5.41) is 0. The molecule has 0 spiro atoms. The SMILES string of the molecule is O=C(c1ccnc(C=CC2CCCCC2)c1)N1CCCCC1. The molecule has 1 aromatic heterocycles. The second-order valence-electron chi connectivity index (χ2n) is 6.58. The van der Waals surface area contributed by atoms with Crippen molar-refractivity contribution in [3.63, 3.8) is 0 Å². The van der Waals surface area contributed by atoms with Gasteiger partial charge in [0.2, 0.25) is 0 Å². The van der Waals surface area contributed by atoms with Gasteiger partial charge in [-0.25, -0.2) is 0 Å². The number of hydrogen-bond donors (Lipinski definition) is 0. The van der Waals surface area contributed by atoms with Crippen molar-refractivity contribution in [1.82, 2.24) is 9.88 Å². The van der Waals surface area contributed by atoms with Gasteiger partial charge in [-0.1, -0.05) is 25.3 Å². The standard InChI is InChI=1S/C19H26N2O/c22-19(21-13-5-2-6-14-21)17-11-12-20-18(15-17)10-9-16-7-3-1-4-8-16/h9-12,15-16H,1-8,13-14H2. The monoisotopic (exact) mass is 298 g/mol. The predicted molar refractivity (Wildman–Crippen MR) is 89.6 cm³/mol. The third kappa shape index (κ3) is 3.96. The van der Waals surface area contributed by atoms with Crippen LogP contribution in [0.2, 0.25) is 0 Å². The Morgan fingerprint density at radius 2 is 1.82 bits per heavy atom. The zero-order chi connectivity index (χ0) is 15.2. The van der Waals surface area contributed by atoms with E-state index in [1.165, 1.54) is 38.5 Å². The third-order valence-electron chi connectivity index (χ3n) is 4.86. The maximum absolute atomic E-state index is 12.5. The molecule has 0 unspecified atom stereocenters. The van der Waals surface area contributed by atoms with Gasteiger partial charge < -0.3 is 4.90 Å². The Hall–Kier alpha value is -1.64. The Morgan fingerprint density at radius 3 is 2.59 bits per heavy atom. The minimum absolute atomic E-state index is 0.161. The second kappa shape index (κ2) is 7.57. The van der Waals surface area contributed by atoms with Crippen LogP contribution in [0.5, 0.6) is 0 Å². The maximum Gasteiger partial charge on any atom is 0.253 e. The van der Waals surface area contributed by atoms with Crippen molar-refractivity contribution < 1.29 is 4.79 Å². The quantitative estimate of drug-likeness (QED) is 0.833. The van der Waals surface area contributed by atoms with Crippen molar-refractivity contribution in [2.75, 3.05) is 13.1 Å². The van der Waals surface area contributed by atoms with Gasteiger partial charge in [0.15, 0.2) is 0 Å². The Morgan fingerprint density at radius 1 is 1.09 bits per heavy atom. The fourth-order valence-electron chi connectivity index (χ4n) is 3.51. The van der Waals surface area contributed by atoms with Crippen LogP contribution in [0.15, 0.2) is 24.4 Å². The van der Waals surface area contributed by atoms with Crippen molar-refractivity contribution in [3.05, 3.63) is 35.7 Å². The van der Waals surface area contributed by atoms with Crippen LogP contribution in [0.4, 0.5) is 0 Å². The zero-order valence-corrected chi connectivity index (χ0v) is 13.3. The molecule has 1 saturated heterocycles. The molecule has 0 radical (unpaired) electrons. The summed E-state index contributed by atoms with van der Waals surface area (Å²) in [6.07, 6.45) is 16.3. The van der Waals surface area contributed by atoms with E-state index >= 15 is 0 Å². The Labute approximate surface area is 133 Å². The molecule has 1 amide bonds. The van der Waals surface area contributed by atoms with Crippen molar-refractivity contribution in [2.45, 2.75) is 51.4 Å². The number of nitrogens with zero attached hydrogens (tertiary/aromatic N) is 2. The van der Waals surface area contributed by atoms with E-state index in [4.69, 9.17) is 0 Å². The summed E-state index contributed by atoms with van der Waals surface area (Å²) >= 11 is 0. The molecule has 118 valence electrons. The number of amides is 1. The molecule has 0 atom stereocenters. The molecule has 1 saturated carbocycles. The number of pyridine rings is 1. The van der Waals surface area contributed by atoms with Gasteiger partial charge in [-0.15, -0.1) is 0 Å². The normalized spacial score (nSPS) is 20.5. The number of carbonyl (C=O) groups excluding carboxylic acids is 1. The first-order chi connectivity index (χ1) is 10.8. The lowest BCUT2D eigenvalue weighted by Gasteiger charge is -2.26. The van der Waals surface area contributed by atoms with E-state index in [0.717, 1.165) is 37.2 Å². The van der Waals surface area contributed by atoms with Crippen LogP contribution in [0.3, 0.4) is 0 Å². The topological polar surface area (TPSA) is 33.2 Å². The van der Waals surface area contributed by atoms with E-state index in [0.29, 0.717) is 5.92 Å². The van der Waals surface area contributed by atoms with Gasteiger partial charge in [0.1, 0.15) is 0 Å². The van der Waals surface area contributed by atoms with Crippen LogP contribution in [0.1, 0.15) is 67.4 Å². The molecular weight excluding hydrogens is 272 g/mol. The lowest BCUT2D eigenvalue weighted by atomic mass is 9.89. The van der Waals surface area contributed by atoms with Crippen LogP contribution in [0, 0.1) is 5.92 Å². The van der Waals surface area contributed by atoms with Gasteiger partial charge in [0.25, 0.3) is 5.91 Å². The summed E-state index contributed by atoms with van der Waals surface area (Å²) < 4.78 is 0. The fourth-order valence-corrected chi connectivity index (χ4v) is 3.51. The van der Waals surface area contributed by atoms with E-state index in [1.54, 1.807) is 6.20 Å². The molecule has 0 bridgehead atoms. The van der Waals surface area contributed by atoms with E-state index in [9.17, 15) is 4.79 Å². The largest absolute Gasteiger partial charge is 0.339 e. The number of allylic oxidation sites excluding steroid dienone is 1. The third-order valence-corrected chi connectivity index (χ3v) is 4.86. The summed E-state index contributed by atoms with van der Waals surface area (Å²) in [7, 11) is 0. The van der Waals surface area contributed by atoms with E-state index < -0.39 is 0 Å². The molecule has 2 aliphatic rings. The molecule has 3 rings (SSSR count). The van der Waals surface area contributed by atoms with Crippen molar-refractivity contribution >= 4 is 12.0 Å². The highest BCUT2D eigenvalue weighted by Gasteiger charge is 2.18. The molecule has 3 nitrogen and oxygen atoms in total. The van der Waals surface area contributed by atoms with Crippen molar-refractivity contribution in [2.24, 2.45) is 5.92 Å². The first-order valence-corrected chi connectivity index (χ1v) is 8.76. The van der Waals surface area contributed by atoms with Crippen LogP contribution in [-0.2, 0) is 0 Å². The molecular formula is C19H26N2O. The van der Waals surface area contributed by atoms with Crippen molar-refractivity contribution in [3.8, 4) is 0 Å². The summed E-state index contributed by atoms with van der Waals surface area (Å²) in [4.78, 5) is 18.9. The Bertz CT molecular complexity index is 526. The van der Waals surface area contributed by atoms with Gasteiger partial charge >= 0.3 is 0 Å². The van der Waals surface area contributed by atoms with Gasteiger partial charge in [0, 0.05) is 24.8 Å². The number of carbonyl (C=O) groups is 1. The number of piperidine rings is 1. The summed E-state index contributed by atoms with van der Waals surface area (Å²) in [6, 6.07) is 3.78. The summed E-state index contributed by atoms with van der Waals surface area (Å²) in [5.41, 5.74) is 1.69. The molecule has 0 aromatic carbocycles. The highest BCUT2D eigenvalue weighted by atomic mass is 16.2. The number of hydrogen-bond acceptors (Lipinski definition) is 2. The number of likely N-dealkylation sites (tertiary alicyclic amines) is 1. The van der Waals surface area contributed by atoms with Gasteiger partial charge in [-0.3, -0.25) is 9.78 Å². The smallest absolute Gasteiger partial charge is 0.253 e. The van der Waals surface area contributed by atoms with Crippen molar-refractivity contribution in [1.29, 1.82) is 0 Å². The highest BCUT2D eigenvalue weighted by Crippen LogP contribution is 2.25. The first kappa shape index (κ1) is 15.3. The maximum atomic E-state index is 12.5. The minimum atomic E-state index is 0.161. The molecule has 0 N–H and O–H groups in total. The van der Waals surface area contributed by atoms with Gasteiger partial charge in [-0.05, 0) is 56.2 Å². The average molecular weight is 298 g/mol. The van der Waals surface area contributed by atoms with E-state index in [2.05, 4.69) is 17.1 Å². The van der Waals surface area contributed by atoms with E-state index in [1.807, 2.05) is 17.0 Å². The second-order valence-corrected chi connectivity index (χ2v) is 6.58. The molecule has 1 aliphatic carbocycles. The summed E-state index contributed by atoms with van der Waals surface area (Å²) in [6.45, 7) is 1.79. The van der Waals surface area contributed by atoms with Crippen LogP contribution >= 0.6 is 0 Å². The Balaban J connectivity index is 1.66. The lowest BCUT2D eigenvalue weighted by molar-refractivity contribution is 0.0724. The first-order valence-electron chi connectivity index (χ1n) is 8.76. The van der Waals surface area contributed by atoms with Crippen LogP contribution in [-0.4, -0.2) is 28.9 Å². The number of rotatable bonds is 3. The molecule has 2 fully saturated rings. The Kier molecular flexibility index (Phi) is 5.25. The number of aromatic nitrogens is 1. The molecule has 22 heavy (non-hydrogen) atoms. The summed E-state index contributed by atoms with van der Waals surface area (Å²) in [5.74, 6) is 0.853. The fraction of sp³-hybridized carbons (Fsp3) is 0.579. The molecule has 2 heterocycles. The zero-order valence-electron chi connectivity index (χ0n) is 13.3. The van der Waals surface area contributed by atoms with Crippen LogP contribution in [0.25, 0.3) is 6.08 Å². The lowest BCUT2D eigenvalue weighted by Crippen LogP contribution is -2.35. The van der Waals surface area contributed by atoms with Crippen LogP contribution < -0.4 is 0 Å². The van der Waals surface area contributed by atoms with Gasteiger partial charge in [-0.2, -0.15) is 0 Å². The molecule has 1 aromatic rings. The predicted octanol–water partition coefficient (Wildman–Crippen LogP) is 4.30. The van der Waals surface area contributed by atoms with E-state index in [-0.39, 0.29) is 5.91 Å². The average Bonchev–Trinajstić information content (AvgIpc) is 2.61.